The maximum Gasteiger partial charge on any atom is 0.240 e. The molecule has 2 aromatic carbocycles. The molecule has 8 heteroatoms. The van der Waals surface area contributed by atoms with Gasteiger partial charge in [-0.15, -0.1) is 0 Å². The Morgan fingerprint density at radius 2 is 1.84 bits per heavy atom. The van der Waals surface area contributed by atoms with Crippen molar-refractivity contribution in [2.75, 3.05) is 32.6 Å². The first-order valence-corrected chi connectivity index (χ1v) is 9.01. The van der Waals surface area contributed by atoms with Crippen LogP contribution in [0.25, 0.3) is 0 Å². The molecule has 0 aliphatic carbocycles. The van der Waals surface area contributed by atoms with E-state index in [4.69, 9.17) is 4.74 Å². The molecule has 0 amide bonds. The van der Waals surface area contributed by atoms with E-state index in [0.717, 1.165) is 11.8 Å². The molecular weight excluding hydrogens is 347 g/mol. The number of halogens is 1. The van der Waals surface area contributed by atoms with Crippen LogP contribution in [0.5, 0.6) is 5.75 Å². The number of nitrogens with zero attached hydrogens (tertiary/aromatic N) is 1. The minimum Gasteiger partial charge on any atom is -0.494 e. The molecule has 0 aliphatic heterocycles. The second-order valence-corrected chi connectivity index (χ2v) is 7.42. The van der Waals surface area contributed by atoms with Crippen LogP contribution in [0.4, 0.5) is 10.1 Å². The fourth-order valence-corrected chi connectivity index (χ4v) is 3.25. The van der Waals surface area contributed by atoms with Gasteiger partial charge in [0.25, 0.3) is 0 Å². The Kier molecular flexibility index (Phi) is 5.99. The van der Waals surface area contributed by atoms with Crippen LogP contribution in [0.15, 0.2) is 47.4 Å². The van der Waals surface area contributed by atoms with Gasteiger partial charge in [0, 0.05) is 26.3 Å². The number of rotatable bonds is 7. The second-order valence-electron chi connectivity index (χ2n) is 5.65. The molecule has 0 radical (unpaired) electrons. The van der Waals surface area contributed by atoms with Crippen molar-refractivity contribution in [3.8, 4) is 5.75 Å². The molecule has 2 N–H and O–H groups in total. The van der Waals surface area contributed by atoms with Gasteiger partial charge in [0.15, 0.2) is 11.6 Å². The molecule has 25 heavy (non-hydrogen) atoms. The molecular formula is C17H21FN2O4S. The van der Waals surface area contributed by atoms with E-state index in [1.165, 1.54) is 19.2 Å². The SMILES string of the molecule is COc1ccc(S(=O)(=O)NC[C@@H](O)c2ccc(N(C)C)cc2)cc1F. The number of sulfonamides is 1. The van der Waals surface area contributed by atoms with Gasteiger partial charge in [-0.1, -0.05) is 12.1 Å². The average molecular weight is 368 g/mol. The number of methoxy groups -OCH3 is 1. The van der Waals surface area contributed by atoms with Crippen molar-refractivity contribution in [3.05, 3.63) is 53.8 Å². The summed E-state index contributed by atoms with van der Waals surface area (Å²) in [6, 6.07) is 10.4. The number of aliphatic hydroxyl groups excluding tert-OH is 1. The Morgan fingerprint density at radius 3 is 2.36 bits per heavy atom. The highest BCUT2D eigenvalue weighted by atomic mass is 32.2. The summed E-state index contributed by atoms with van der Waals surface area (Å²) < 4.78 is 45.2. The number of ether oxygens (including phenoxy) is 1. The maximum absolute atomic E-state index is 13.7. The number of benzene rings is 2. The summed E-state index contributed by atoms with van der Waals surface area (Å²) >= 11 is 0. The van der Waals surface area contributed by atoms with Gasteiger partial charge in [-0.2, -0.15) is 0 Å². The molecule has 0 aromatic heterocycles. The van der Waals surface area contributed by atoms with Crippen molar-refractivity contribution in [1.29, 1.82) is 0 Å². The van der Waals surface area contributed by atoms with Gasteiger partial charge < -0.3 is 14.7 Å². The Bertz CT molecular complexity index is 823. The average Bonchev–Trinajstić information content (AvgIpc) is 2.59. The van der Waals surface area contributed by atoms with Crippen LogP contribution in [0.3, 0.4) is 0 Å². The quantitative estimate of drug-likeness (QED) is 0.781. The van der Waals surface area contributed by atoms with Crippen LogP contribution >= 0.6 is 0 Å². The highest BCUT2D eigenvalue weighted by Crippen LogP contribution is 2.21. The molecule has 0 fully saturated rings. The first-order valence-electron chi connectivity index (χ1n) is 7.53. The van der Waals surface area contributed by atoms with Crippen LogP contribution < -0.4 is 14.4 Å². The van der Waals surface area contributed by atoms with Crippen molar-refractivity contribution < 1.29 is 22.7 Å². The van der Waals surface area contributed by atoms with E-state index >= 15 is 0 Å². The van der Waals surface area contributed by atoms with Gasteiger partial charge >= 0.3 is 0 Å². The van der Waals surface area contributed by atoms with Gasteiger partial charge in [0.1, 0.15) is 0 Å². The van der Waals surface area contributed by atoms with E-state index in [1.54, 1.807) is 12.1 Å². The zero-order valence-electron chi connectivity index (χ0n) is 14.2. The summed E-state index contributed by atoms with van der Waals surface area (Å²) in [5, 5.41) is 10.2. The number of aliphatic hydroxyl groups is 1. The summed E-state index contributed by atoms with van der Waals surface area (Å²) in [5.41, 5.74) is 1.54. The molecule has 2 rings (SSSR count). The van der Waals surface area contributed by atoms with Crippen molar-refractivity contribution in [2.45, 2.75) is 11.0 Å². The third-order valence-corrected chi connectivity index (χ3v) is 5.12. The normalized spacial score (nSPS) is 12.7. The predicted octanol–water partition coefficient (Wildman–Crippen LogP) is 1.91. The Balaban J connectivity index is 2.07. The molecule has 2 aromatic rings. The topological polar surface area (TPSA) is 78.9 Å². The lowest BCUT2D eigenvalue weighted by Crippen LogP contribution is -2.28. The highest BCUT2D eigenvalue weighted by molar-refractivity contribution is 7.89. The molecule has 0 spiro atoms. The largest absolute Gasteiger partial charge is 0.494 e. The summed E-state index contributed by atoms with van der Waals surface area (Å²) in [7, 11) is 1.14. The van der Waals surface area contributed by atoms with E-state index in [9.17, 15) is 17.9 Å². The summed E-state index contributed by atoms with van der Waals surface area (Å²) in [4.78, 5) is 1.68. The first kappa shape index (κ1) is 19.2. The van der Waals surface area contributed by atoms with E-state index < -0.39 is 21.9 Å². The van der Waals surface area contributed by atoms with Crippen LogP contribution in [0, 0.1) is 5.82 Å². The van der Waals surface area contributed by atoms with E-state index in [2.05, 4.69) is 4.72 Å². The predicted molar refractivity (Wildman–Crippen MR) is 93.9 cm³/mol. The van der Waals surface area contributed by atoms with Gasteiger partial charge in [-0.3, -0.25) is 0 Å². The molecule has 0 bridgehead atoms. The molecule has 6 nitrogen and oxygen atoms in total. The number of anilines is 1. The zero-order chi connectivity index (χ0) is 18.6. The van der Waals surface area contributed by atoms with Crippen LogP contribution in [0.1, 0.15) is 11.7 Å². The van der Waals surface area contributed by atoms with Crippen LogP contribution in [-0.4, -0.2) is 41.3 Å². The molecule has 0 saturated carbocycles. The van der Waals surface area contributed by atoms with Gasteiger partial charge in [0.2, 0.25) is 10.0 Å². The fourth-order valence-electron chi connectivity index (χ4n) is 2.20. The summed E-state index contributed by atoms with van der Waals surface area (Å²) in [5.74, 6) is -0.815. The van der Waals surface area contributed by atoms with E-state index in [-0.39, 0.29) is 17.2 Å². The van der Waals surface area contributed by atoms with Crippen molar-refractivity contribution >= 4 is 15.7 Å². The third kappa shape index (κ3) is 4.68. The molecule has 1 atom stereocenters. The maximum atomic E-state index is 13.7. The third-order valence-electron chi connectivity index (χ3n) is 3.69. The summed E-state index contributed by atoms with van der Waals surface area (Å²) in [6.07, 6.45) is -1.02. The number of nitrogens with one attached hydrogen (secondary N) is 1. The highest BCUT2D eigenvalue weighted by Gasteiger charge is 2.18. The fraction of sp³-hybridized carbons (Fsp3) is 0.294. The second kappa shape index (κ2) is 7.81. The van der Waals surface area contributed by atoms with Crippen LogP contribution in [-0.2, 0) is 10.0 Å². The number of hydrogen-bond acceptors (Lipinski definition) is 5. The Morgan fingerprint density at radius 1 is 1.20 bits per heavy atom. The summed E-state index contributed by atoms with van der Waals surface area (Å²) in [6.45, 7) is -0.225. The van der Waals surface area contributed by atoms with Gasteiger partial charge in [-0.25, -0.2) is 17.5 Å². The molecule has 136 valence electrons. The standard InChI is InChI=1S/C17H21FN2O4S/c1-20(2)13-6-4-12(5-7-13)16(21)11-19-25(22,23)14-8-9-17(24-3)15(18)10-14/h4-10,16,19,21H,11H2,1-3H3/t16-/m1/s1. The first-order chi connectivity index (χ1) is 11.7. The van der Waals surface area contributed by atoms with Gasteiger partial charge in [-0.05, 0) is 35.9 Å². The Labute approximate surface area is 146 Å². The van der Waals surface area contributed by atoms with E-state index in [0.29, 0.717) is 5.56 Å². The van der Waals surface area contributed by atoms with Gasteiger partial charge in [0.05, 0.1) is 18.1 Å². The molecule has 0 unspecified atom stereocenters. The zero-order valence-corrected chi connectivity index (χ0v) is 15.0. The van der Waals surface area contributed by atoms with Crippen molar-refractivity contribution in [2.24, 2.45) is 0 Å². The minimum absolute atomic E-state index is 0.0417. The molecule has 0 aliphatic rings. The minimum atomic E-state index is -3.95. The monoisotopic (exact) mass is 368 g/mol. The lowest BCUT2D eigenvalue weighted by atomic mass is 10.1. The number of hydrogen-bond donors (Lipinski definition) is 2. The van der Waals surface area contributed by atoms with E-state index in [1.807, 2.05) is 31.1 Å². The molecule has 0 saturated heterocycles. The smallest absolute Gasteiger partial charge is 0.240 e. The van der Waals surface area contributed by atoms with Crippen molar-refractivity contribution in [3.63, 3.8) is 0 Å². The van der Waals surface area contributed by atoms with Crippen LogP contribution in [0.2, 0.25) is 0 Å². The molecule has 0 heterocycles. The lowest BCUT2D eigenvalue weighted by molar-refractivity contribution is 0.182. The van der Waals surface area contributed by atoms with Crippen molar-refractivity contribution in [1.82, 2.24) is 4.72 Å². The lowest BCUT2D eigenvalue weighted by Gasteiger charge is -2.16. The Hall–Kier alpha value is -2.16.